The summed E-state index contributed by atoms with van der Waals surface area (Å²) in [6.07, 6.45) is 0. The molecule has 2 aliphatic rings. The zero-order chi connectivity index (χ0) is 46.2. The summed E-state index contributed by atoms with van der Waals surface area (Å²) >= 11 is 0. The molecule has 14 rings (SSSR count). The fourth-order valence-electron chi connectivity index (χ4n) is 12.2. The summed E-state index contributed by atoms with van der Waals surface area (Å²) in [6.45, 7) is 9.47. The van der Waals surface area contributed by atoms with Gasteiger partial charge in [-0.3, -0.25) is 0 Å². The standard InChI is InChI=1S/C66H48N2O/c1-65(2)56-24-11-8-20-49(56)51-32-30-46(39-58(51)65)67(47-31-33-52-50-21-9-12-25-57(50)66(3,4)59(52)40-47)45-19-14-16-43(36-45)48-23-15-27-63-64(48)55-38-42(29-35-62(55)69-63)41-28-34-61-54(37-41)53-22-10-13-26-60(53)68(61)44-17-6-5-7-18-44/h5-40H,1-4H3. The van der Waals surface area contributed by atoms with Gasteiger partial charge in [0.2, 0.25) is 0 Å². The van der Waals surface area contributed by atoms with Crippen LogP contribution < -0.4 is 4.90 Å². The number of anilines is 3. The van der Waals surface area contributed by atoms with E-state index in [1.165, 1.54) is 71.9 Å². The molecule has 12 aromatic rings. The van der Waals surface area contributed by atoms with Gasteiger partial charge in [-0.2, -0.15) is 0 Å². The highest BCUT2D eigenvalue weighted by atomic mass is 16.3. The molecule has 0 bridgehead atoms. The van der Waals surface area contributed by atoms with Gasteiger partial charge in [0.25, 0.3) is 0 Å². The van der Waals surface area contributed by atoms with E-state index in [1.54, 1.807) is 0 Å². The van der Waals surface area contributed by atoms with Gasteiger partial charge in [0.15, 0.2) is 0 Å². The van der Waals surface area contributed by atoms with Crippen LogP contribution in [0.1, 0.15) is 49.9 Å². The van der Waals surface area contributed by atoms with Crippen molar-refractivity contribution >= 4 is 60.8 Å². The number of furan rings is 1. The Morgan fingerprint density at radius 3 is 1.61 bits per heavy atom. The highest BCUT2D eigenvalue weighted by molar-refractivity contribution is 6.14. The Labute approximate surface area is 402 Å². The molecule has 10 aromatic carbocycles. The normalized spacial score (nSPS) is 14.0. The number of hydrogen-bond acceptors (Lipinski definition) is 2. The van der Waals surface area contributed by atoms with Crippen molar-refractivity contribution in [1.82, 2.24) is 4.57 Å². The molecule has 3 heteroatoms. The summed E-state index contributed by atoms with van der Waals surface area (Å²) in [7, 11) is 0. The molecule has 0 radical (unpaired) electrons. The van der Waals surface area contributed by atoms with Crippen LogP contribution in [0, 0.1) is 0 Å². The predicted octanol–water partition coefficient (Wildman–Crippen LogP) is 18.1. The molecule has 69 heavy (non-hydrogen) atoms. The molecule has 0 saturated heterocycles. The van der Waals surface area contributed by atoms with E-state index >= 15 is 0 Å². The molecule has 0 atom stereocenters. The van der Waals surface area contributed by atoms with Gasteiger partial charge in [-0.05, 0) is 152 Å². The lowest BCUT2D eigenvalue weighted by molar-refractivity contribution is 0.660. The van der Waals surface area contributed by atoms with E-state index < -0.39 is 0 Å². The van der Waals surface area contributed by atoms with Crippen molar-refractivity contribution in [3.63, 3.8) is 0 Å². The lowest BCUT2D eigenvalue weighted by atomic mass is 9.82. The van der Waals surface area contributed by atoms with Crippen molar-refractivity contribution in [2.75, 3.05) is 4.90 Å². The van der Waals surface area contributed by atoms with E-state index in [0.717, 1.165) is 61.4 Å². The number of benzene rings is 10. The van der Waals surface area contributed by atoms with E-state index in [9.17, 15) is 0 Å². The third kappa shape index (κ3) is 5.80. The fraction of sp³-hybridized carbons (Fsp3) is 0.0909. The maximum Gasteiger partial charge on any atom is 0.136 e. The zero-order valence-corrected chi connectivity index (χ0v) is 39.1. The summed E-state index contributed by atoms with van der Waals surface area (Å²) in [5.74, 6) is 0. The summed E-state index contributed by atoms with van der Waals surface area (Å²) < 4.78 is 9.04. The van der Waals surface area contributed by atoms with Crippen molar-refractivity contribution in [3.8, 4) is 50.2 Å². The minimum Gasteiger partial charge on any atom is -0.456 e. The molecule has 2 aromatic heterocycles. The molecular weight excluding hydrogens is 837 g/mol. The van der Waals surface area contributed by atoms with Crippen LogP contribution in [0.5, 0.6) is 0 Å². The van der Waals surface area contributed by atoms with Gasteiger partial charge in [-0.1, -0.05) is 161 Å². The first-order chi connectivity index (χ1) is 33.7. The van der Waals surface area contributed by atoms with Crippen LogP contribution in [0.2, 0.25) is 0 Å². The van der Waals surface area contributed by atoms with E-state index in [4.69, 9.17) is 4.42 Å². The van der Waals surface area contributed by atoms with Crippen molar-refractivity contribution in [2.24, 2.45) is 0 Å². The summed E-state index contributed by atoms with van der Waals surface area (Å²) in [6, 6.07) is 80.6. The van der Waals surface area contributed by atoms with Crippen molar-refractivity contribution < 1.29 is 4.42 Å². The van der Waals surface area contributed by atoms with E-state index in [0.29, 0.717) is 0 Å². The Kier molecular flexibility index (Phi) is 8.38. The summed E-state index contributed by atoms with van der Waals surface area (Å²) in [5, 5.41) is 4.70. The number of aromatic nitrogens is 1. The predicted molar refractivity (Wildman–Crippen MR) is 289 cm³/mol. The molecule has 0 fully saturated rings. The SMILES string of the molecule is CC1(C)c2ccccc2-c2ccc(N(c3cccc(-c4cccc5oc6ccc(-c7ccc8c(c7)c7ccccc7n8-c7ccccc7)cc6c45)c3)c3ccc4c(c3)C(C)(C)c3ccccc3-4)cc21. The molecule has 2 heterocycles. The van der Waals surface area contributed by atoms with Crippen molar-refractivity contribution in [3.05, 3.63) is 241 Å². The molecular formula is C66H48N2O. The molecule has 328 valence electrons. The Hall–Kier alpha value is -8.40. The smallest absolute Gasteiger partial charge is 0.136 e. The van der Waals surface area contributed by atoms with Crippen LogP contribution in [-0.4, -0.2) is 4.57 Å². The van der Waals surface area contributed by atoms with Crippen LogP contribution >= 0.6 is 0 Å². The van der Waals surface area contributed by atoms with Gasteiger partial charge in [-0.15, -0.1) is 0 Å². The maximum absolute atomic E-state index is 6.67. The quantitative estimate of drug-likeness (QED) is 0.166. The average Bonchev–Trinajstić information content (AvgIpc) is 4.07. The number of nitrogens with zero attached hydrogens (tertiary/aromatic N) is 2. The molecule has 0 N–H and O–H groups in total. The molecule has 0 spiro atoms. The third-order valence-corrected chi connectivity index (χ3v) is 15.6. The van der Waals surface area contributed by atoms with E-state index in [1.807, 2.05) is 0 Å². The van der Waals surface area contributed by atoms with Gasteiger partial charge in [-0.25, -0.2) is 0 Å². The van der Waals surface area contributed by atoms with Gasteiger partial charge in [0.05, 0.1) is 11.0 Å². The number of fused-ring (bicyclic) bond motifs is 12. The lowest BCUT2D eigenvalue weighted by Crippen LogP contribution is -2.18. The maximum atomic E-state index is 6.67. The van der Waals surface area contributed by atoms with Crippen LogP contribution in [-0.2, 0) is 10.8 Å². The van der Waals surface area contributed by atoms with Gasteiger partial charge >= 0.3 is 0 Å². The minimum absolute atomic E-state index is 0.138. The second kappa shape index (κ2) is 14.6. The first-order valence-electron chi connectivity index (χ1n) is 24.2. The molecule has 0 unspecified atom stereocenters. The molecule has 3 nitrogen and oxygen atoms in total. The van der Waals surface area contributed by atoms with Crippen LogP contribution in [0.3, 0.4) is 0 Å². The highest BCUT2D eigenvalue weighted by Crippen LogP contribution is 2.53. The molecule has 0 aliphatic heterocycles. The Morgan fingerprint density at radius 2 is 0.899 bits per heavy atom. The summed E-state index contributed by atoms with van der Waals surface area (Å²) in [4.78, 5) is 2.47. The Bertz CT molecular complexity index is 3980. The number of rotatable bonds is 6. The third-order valence-electron chi connectivity index (χ3n) is 15.6. The van der Waals surface area contributed by atoms with Crippen LogP contribution in [0.4, 0.5) is 17.1 Å². The van der Waals surface area contributed by atoms with Gasteiger partial charge in [0, 0.05) is 55.1 Å². The van der Waals surface area contributed by atoms with Gasteiger partial charge < -0.3 is 13.9 Å². The van der Waals surface area contributed by atoms with E-state index in [-0.39, 0.29) is 10.8 Å². The molecule has 0 amide bonds. The Balaban J connectivity index is 0.917. The van der Waals surface area contributed by atoms with Crippen molar-refractivity contribution in [2.45, 2.75) is 38.5 Å². The lowest BCUT2D eigenvalue weighted by Gasteiger charge is -2.30. The second-order valence-electron chi connectivity index (χ2n) is 20.1. The fourth-order valence-corrected chi connectivity index (χ4v) is 12.2. The topological polar surface area (TPSA) is 21.3 Å². The highest BCUT2D eigenvalue weighted by Gasteiger charge is 2.38. The zero-order valence-electron chi connectivity index (χ0n) is 39.1. The van der Waals surface area contributed by atoms with Gasteiger partial charge in [0.1, 0.15) is 11.2 Å². The van der Waals surface area contributed by atoms with Crippen molar-refractivity contribution in [1.29, 1.82) is 0 Å². The number of hydrogen-bond donors (Lipinski definition) is 0. The minimum atomic E-state index is -0.138. The second-order valence-corrected chi connectivity index (χ2v) is 20.1. The summed E-state index contributed by atoms with van der Waals surface area (Å²) in [5.41, 5.74) is 23.8. The Morgan fingerprint density at radius 1 is 0.348 bits per heavy atom. The van der Waals surface area contributed by atoms with Crippen LogP contribution in [0.15, 0.2) is 223 Å². The first kappa shape index (κ1) is 39.7. The monoisotopic (exact) mass is 884 g/mol. The molecule has 0 saturated carbocycles. The first-order valence-corrected chi connectivity index (χ1v) is 24.2. The average molecular weight is 885 g/mol. The molecule has 2 aliphatic carbocycles. The largest absolute Gasteiger partial charge is 0.456 e. The van der Waals surface area contributed by atoms with Crippen LogP contribution in [0.25, 0.3) is 93.9 Å². The van der Waals surface area contributed by atoms with E-state index in [2.05, 4.69) is 256 Å². The number of para-hydroxylation sites is 2.